The number of nitrogens with one attached hydrogen (secondary N) is 1. The van der Waals surface area contributed by atoms with E-state index in [4.69, 9.17) is 0 Å². The molecule has 6 aromatic rings. The van der Waals surface area contributed by atoms with E-state index < -0.39 is 22.1 Å². The van der Waals surface area contributed by atoms with Crippen molar-refractivity contribution in [2.75, 3.05) is 69.5 Å². The quantitative estimate of drug-likeness (QED) is 0.120. The summed E-state index contributed by atoms with van der Waals surface area (Å²) in [6.45, 7) is 0.464. The van der Waals surface area contributed by atoms with E-state index in [0.29, 0.717) is 29.5 Å². The van der Waals surface area contributed by atoms with Crippen LogP contribution in [0.2, 0.25) is 0 Å². The molecule has 80 heavy (non-hydrogen) atoms. The van der Waals surface area contributed by atoms with Gasteiger partial charge in [0.1, 0.15) is 0 Å². The number of carbonyl (C=O) groups is 6. The van der Waals surface area contributed by atoms with Gasteiger partial charge in [-0.05, 0) is 96.2 Å². The predicted octanol–water partition coefficient (Wildman–Crippen LogP) is 8.83. The number of aromatic nitrogens is 2. The first kappa shape index (κ1) is 56.9. The summed E-state index contributed by atoms with van der Waals surface area (Å²) >= 11 is 0. The van der Waals surface area contributed by atoms with Crippen molar-refractivity contribution in [2.45, 2.75) is 89.1 Å². The molecule has 18 heteroatoms. The molecule has 2 N–H and O–H groups in total. The topological polar surface area (TPSA) is 195 Å². The molecule has 4 aliphatic rings. The highest BCUT2D eigenvalue weighted by atomic mass is 32.2. The fourth-order valence-corrected chi connectivity index (χ4v) is 12.4. The maximum Gasteiger partial charge on any atom is 0.335 e. The fourth-order valence-electron chi connectivity index (χ4n) is 11.9. The Labute approximate surface area is 468 Å². The summed E-state index contributed by atoms with van der Waals surface area (Å²) in [6.07, 6.45) is 15.2. The maximum atomic E-state index is 13.8. The second-order valence-corrected chi connectivity index (χ2v) is 24.2. The number of carboxylic acid groups (broad SMARTS) is 1. The standard InChI is InChI=1S/C32H39N5O5S.C30H33N3O4/c1-34(2)28(38)20-36(5)32(40)24-17-22-13-9-10-14-25(22)30-29(21-11-7-6-8-12-21)26-16-15-23(18-27(26)37(30)19-24)31(39)33-43(41,42)35(3)4;1-31(2)26(34)18-32(3)29(35)22-15-20-11-7-8-12-23(20)28-27(19-9-5-4-6-10-19)24-14-13-21(30(36)37)16-25(24)33(28)17-22/h9-10,13-18,21H,6-8,11-12,19-20H2,1-5H3,(H,33,39);7-8,11-16,19H,4-6,9-10,17-18H2,1-3H3,(H,36,37). The van der Waals surface area contributed by atoms with Crippen LogP contribution in [0.3, 0.4) is 0 Å². The minimum Gasteiger partial charge on any atom is -0.478 e. The highest BCUT2D eigenvalue weighted by Crippen LogP contribution is 2.48. The zero-order chi connectivity index (χ0) is 57.3. The summed E-state index contributed by atoms with van der Waals surface area (Å²) in [5, 5.41) is 11.8. The van der Waals surface area contributed by atoms with Crippen LogP contribution in [-0.2, 0) is 42.5 Å². The number of rotatable bonds is 12. The number of benzene rings is 4. The second kappa shape index (κ2) is 23.5. The highest BCUT2D eigenvalue weighted by Gasteiger charge is 2.34. The van der Waals surface area contributed by atoms with Crippen molar-refractivity contribution >= 4 is 79.7 Å². The zero-order valence-electron chi connectivity index (χ0n) is 47.0. The molecule has 4 aromatic carbocycles. The third-order valence-electron chi connectivity index (χ3n) is 16.2. The molecule has 2 aliphatic heterocycles. The summed E-state index contributed by atoms with van der Waals surface area (Å²) < 4.78 is 32.1. The number of hydrogen-bond donors (Lipinski definition) is 2. The minimum absolute atomic E-state index is 0.0133. The van der Waals surface area contributed by atoms with Gasteiger partial charge in [0.05, 0.1) is 43.1 Å². The monoisotopic (exact) mass is 1100 g/mol. The van der Waals surface area contributed by atoms with Gasteiger partial charge < -0.3 is 33.8 Å². The lowest BCUT2D eigenvalue weighted by atomic mass is 9.81. The Hall–Kier alpha value is -7.83. The van der Waals surface area contributed by atoms with E-state index in [1.54, 1.807) is 66.6 Å². The fraction of sp³-hybridized carbons (Fsp3) is 0.387. The van der Waals surface area contributed by atoms with E-state index >= 15 is 0 Å². The summed E-state index contributed by atoms with van der Waals surface area (Å²) in [5.41, 5.74) is 11.6. The molecule has 10 rings (SSSR count). The molecule has 0 saturated heterocycles. The Morgan fingerprint density at radius 1 is 0.550 bits per heavy atom. The number of hydrogen-bond acceptors (Lipinski definition) is 8. The normalized spacial score (nSPS) is 15.4. The Morgan fingerprint density at radius 2 is 0.950 bits per heavy atom. The van der Waals surface area contributed by atoms with Crippen molar-refractivity contribution in [2.24, 2.45) is 0 Å². The number of amides is 5. The Kier molecular flexibility index (Phi) is 16.7. The van der Waals surface area contributed by atoms with E-state index in [2.05, 4.69) is 26.0 Å². The van der Waals surface area contributed by atoms with Crippen LogP contribution in [-0.4, -0.2) is 152 Å². The molecule has 5 amide bonds. The van der Waals surface area contributed by atoms with Crippen molar-refractivity contribution in [1.29, 1.82) is 0 Å². The molecule has 0 unspecified atom stereocenters. The third kappa shape index (κ3) is 11.5. The van der Waals surface area contributed by atoms with Crippen molar-refractivity contribution in [3.63, 3.8) is 0 Å². The number of carbonyl (C=O) groups excluding carboxylic acids is 5. The SMILES string of the molecule is CN(C)C(=O)CN(C)C(=O)C1=Cc2ccccc2-c2c(C3CCCCC3)c3ccc(C(=O)NS(=O)(=O)N(C)C)cc3n2C1.CN(C)C(=O)CN(C)C(=O)C1=Cc2ccccc2-c2c(C3CCCCC3)c3ccc(C(=O)O)cc3n2C1. The molecule has 4 heterocycles. The van der Waals surface area contributed by atoms with Crippen LogP contribution < -0.4 is 4.72 Å². The smallest absolute Gasteiger partial charge is 0.335 e. The predicted molar refractivity (Wildman–Crippen MR) is 312 cm³/mol. The summed E-state index contributed by atoms with van der Waals surface area (Å²) in [4.78, 5) is 83.0. The van der Waals surface area contributed by atoms with Gasteiger partial charge in [0.2, 0.25) is 11.8 Å². The first-order chi connectivity index (χ1) is 38.1. The number of aromatic carboxylic acids is 1. The molecule has 0 radical (unpaired) electrons. The van der Waals surface area contributed by atoms with Crippen LogP contribution >= 0.6 is 0 Å². The van der Waals surface area contributed by atoms with Gasteiger partial charge in [-0.3, -0.25) is 24.0 Å². The van der Waals surface area contributed by atoms with Crippen LogP contribution in [0, 0.1) is 0 Å². The molecule has 2 aromatic heterocycles. The van der Waals surface area contributed by atoms with Gasteiger partial charge >= 0.3 is 16.2 Å². The van der Waals surface area contributed by atoms with Crippen LogP contribution in [0.1, 0.15) is 119 Å². The molecule has 2 fully saturated rings. The molecule has 2 aliphatic carbocycles. The van der Waals surface area contributed by atoms with E-state index in [0.717, 1.165) is 98.3 Å². The molecule has 2 saturated carbocycles. The van der Waals surface area contributed by atoms with Crippen molar-refractivity contribution in [3.05, 3.63) is 129 Å². The lowest BCUT2D eigenvalue weighted by molar-refractivity contribution is -0.136. The Morgan fingerprint density at radius 3 is 1.35 bits per heavy atom. The van der Waals surface area contributed by atoms with Crippen molar-refractivity contribution in [1.82, 2.24) is 37.8 Å². The molecule has 0 spiro atoms. The van der Waals surface area contributed by atoms with Crippen LogP contribution in [0.4, 0.5) is 0 Å². The molecule has 420 valence electrons. The van der Waals surface area contributed by atoms with E-state index in [-0.39, 0.29) is 54.4 Å². The first-order valence-corrected chi connectivity index (χ1v) is 28.9. The largest absolute Gasteiger partial charge is 0.478 e. The van der Waals surface area contributed by atoms with E-state index in [9.17, 15) is 42.3 Å². The average Bonchev–Trinajstić information content (AvgIpc) is 4.07. The third-order valence-corrected chi connectivity index (χ3v) is 17.6. The van der Waals surface area contributed by atoms with E-state index in [1.807, 2.05) is 60.7 Å². The Balaban J connectivity index is 0.000000196. The highest BCUT2D eigenvalue weighted by molar-refractivity contribution is 7.87. The second-order valence-electron chi connectivity index (χ2n) is 22.3. The molecule has 17 nitrogen and oxygen atoms in total. The van der Waals surface area contributed by atoms with Gasteiger partial charge in [-0.1, -0.05) is 99.2 Å². The first-order valence-electron chi connectivity index (χ1n) is 27.5. The molecular formula is C62H72N8O9S. The van der Waals surface area contributed by atoms with E-state index in [1.165, 1.54) is 70.5 Å². The lowest BCUT2D eigenvalue weighted by Gasteiger charge is -2.24. The van der Waals surface area contributed by atoms with Crippen molar-refractivity contribution < 1.29 is 42.3 Å². The lowest BCUT2D eigenvalue weighted by Crippen LogP contribution is -2.39. The number of likely N-dealkylation sites (N-methyl/N-ethyl adjacent to an activating group) is 4. The van der Waals surface area contributed by atoms with Gasteiger partial charge in [0.15, 0.2) is 0 Å². The van der Waals surface area contributed by atoms with Crippen LogP contribution in [0.15, 0.2) is 96.1 Å². The van der Waals surface area contributed by atoms with Gasteiger partial charge in [-0.15, -0.1) is 0 Å². The average molecular weight is 1110 g/mol. The van der Waals surface area contributed by atoms with Gasteiger partial charge in [-0.2, -0.15) is 12.7 Å². The Bertz CT molecular complexity index is 3630. The zero-order valence-corrected chi connectivity index (χ0v) is 47.9. The molecule has 0 atom stereocenters. The van der Waals surface area contributed by atoms with Gasteiger partial charge in [0.25, 0.3) is 17.7 Å². The molecule has 0 bridgehead atoms. The molecular weight excluding hydrogens is 1030 g/mol. The van der Waals surface area contributed by atoms with Gasteiger partial charge in [-0.25, -0.2) is 9.52 Å². The summed E-state index contributed by atoms with van der Waals surface area (Å²) in [7, 11) is 8.65. The van der Waals surface area contributed by atoms with Gasteiger partial charge in [0, 0.05) is 106 Å². The minimum atomic E-state index is -3.98. The maximum absolute atomic E-state index is 13.8. The number of carboxylic acids is 1. The van der Waals surface area contributed by atoms with Crippen molar-refractivity contribution in [3.8, 4) is 22.5 Å². The number of nitrogens with zero attached hydrogens (tertiary/aromatic N) is 7. The van der Waals surface area contributed by atoms with Crippen LogP contribution in [0.5, 0.6) is 0 Å². The van der Waals surface area contributed by atoms with Crippen LogP contribution in [0.25, 0.3) is 56.5 Å². The summed E-state index contributed by atoms with van der Waals surface area (Å²) in [5.74, 6) is -1.81. The summed E-state index contributed by atoms with van der Waals surface area (Å²) in [6, 6.07) is 26.8. The number of fused-ring (bicyclic) bond motifs is 10.